The summed E-state index contributed by atoms with van der Waals surface area (Å²) in [5.74, 6) is 0.446. The van der Waals surface area contributed by atoms with Crippen LogP contribution >= 0.6 is 12.2 Å². The number of piperidine rings is 3. The van der Waals surface area contributed by atoms with Crippen molar-refractivity contribution >= 4 is 46.0 Å². The van der Waals surface area contributed by atoms with Gasteiger partial charge >= 0.3 is 18.3 Å². The molecule has 0 aliphatic carbocycles. The van der Waals surface area contributed by atoms with E-state index in [1.54, 1.807) is 25.3 Å². The molecule has 4 heterocycles. The van der Waals surface area contributed by atoms with Crippen LogP contribution in [0.5, 0.6) is 5.75 Å². The maximum absolute atomic E-state index is 13.8. The highest BCUT2D eigenvalue weighted by Crippen LogP contribution is 2.48. The Morgan fingerprint density at radius 2 is 1.75 bits per heavy atom. The number of methoxy groups -OCH3 is 1. The standard InChI is InChI=1S/C41H40F6N4O3S/c1-4-26-23-51(24-28(38(52)54-5-2)17-25-9-7-6-8-10-25)16-14-27(26)18-36(51)37(33-13-15-48-35-12-11-32(53-3)22-34(33)35)50-39(55)49-31-20-29(40(42,43)44)19-30(21-31)41(45,46)47/h4,6-13,15,17,19-22,26-27,36-37H,1,5,14,16,18,23-24H2,2-3H3,(H-,49,50,55)/p+1/b28-17+/t26?,27?,36-,37-,51?/m1/s1. The van der Waals surface area contributed by atoms with Crippen molar-refractivity contribution < 1.29 is 45.1 Å². The Labute approximate surface area is 320 Å². The quantitative estimate of drug-likeness (QED) is 0.0393. The average molecular weight is 784 g/mol. The number of quaternary nitrogens is 1. The third kappa shape index (κ3) is 8.80. The average Bonchev–Trinajstić information content (AvgIpc) is 3.16. The number of fused-ring (bicyclic) bond motifs is 4. The van der Waals surface area contributed by atoms with Gasteiger partial charge in [-0.2, -0.15) is 26.3 Å². The second-order valence-corrected chi connectivity index (χ2v) is 14.4. The van der Waals surface area contributed by atoms with Crippen molar-refractivity contribution in [3.63, 3.8) is 0 Å². The number of rotatable bonds is 11. The Kier molecular flexibility index (Phi) is 11.6. The number of pyridine rings is 1. The van der Waals surface area contributed by atoms with Crippen molar-refractivity contribution in [3.8, 4) is 5.75 Å². The lowest BCUT2D eigenvalue weighted by atomic mass is 9.70. The summed E-state index contributed by atoms with van der Waals surface area (Å²) in [6.45, 7) is 7.63. The van der Waals surface area contributed by atoms with Crippen LogP contribution in [-0.2, 0) is 21.9 Å². The first-order chi connectivity index (χ1) is 26.1. The number of carbonyl (C=O) groups is 1. The summed E-state index contributed by atoms with van der Waals surface area (Å²) in [6.07, 6.45) is -3.16. The fraction of sp³-hybridized carbons (Fsp3) is 0.341. The highest BCUT2D eigenvalue weighted by molar-refractivity contribution is 7.80. The Morgan fingerprint density at radius 3 is 2.38 bits per heavy atom. The molecule has 2 N–H and O–H groups in total. The molecule has 55 heavy (non-hydrogen) atoms. The molecule has 3 unspecified atom stereocenters. The molecule has 2 bridgehead atoms. The number of esters is 1. The summed E-state index contributed by atoms with van der Waals surface area (Å²) in [5.41, 5.74) is -0.754. The van der Waals surface area contributed by atoms with Gasteiger partial charge in [-0.25, -0.2) is 4.79 Å². The molecule has 7 nitrogen and oxygen atoms in total. The van der Waals surface area contributed by atoms with Crippen molar-refractivity contribution in [2.45, 2.75) is 44.2 Å². The summed E-state index contributed by atoms with van der Waals surface area (Å²) >= 11 is 5.71. The van der Waals surface area contributed by atoms with Crippen LogP contribution in [-0.4, -0.2) is 59.9 Å². The number of nitrogens with one attached hydrogen (secondary N) is 2. The van der Waals surface area contributed by atoms with E-state index in [9.17, 15) is 31.1 Å². The van der Waals surface area contributed by atoms with E-state index in [1.807, 2.05) is 54.6 Å². The number of thiocarbonyl (C=S) groups is 1. The number of ether oxygens (including phenoxy) is 2. The van der Waals surface area contributed by atoms with Gasteiger partial charge in [0.2, 0.25) is 0 Å². The predicted octanol–water partition coefficient (Wildman–Crippen LogP) is 9.37. The lowest BCUT2D eigenvalue weighted by Gasteiger charge is -2.59. The van der Waals surface area contributed by atoms with Crippen molar-refractivity contribution in [2.75, 3.05) is 38.7 Å². The first kappa shape index (κ1) is 39.7. The fourth-order valence-corrected chi connectivity index (χ4v) is 8.39. The van der Waals surface area contributed by atoms with Crippen LogP contribution in [0.3, 0.4) is 0 Å². The zero-order valence-corrected chi connectivity index (χ0v) is 31.0. The number of halogens is 6. The number of alkyl halides is 6. The Balaban J connectivity index is 1.47. The van der Waals surface area contributed by atoms with Gasteiger partial charge in [0.25, 0.3) is 0 Å². The Morgan fingerprint density at radius 1 is 1.04 bits per heavy atom. The van der Waals surface area contributed by atoms with Crippen LogP contribution in [0.4, 0.5) is 32.0 Å². The molecule has 290 valence electrons. The normalized spacial score (nSPS) is 21.8. The summed E-state index contributed by atoms with van der Waals surface area (Å²) in [4.78, 5) is 18.2. The molecule has 3 fully saturated rings. The summed E-state index contributed by atoms with van der Waals surface area (Å²) in [6, 6.07) is 17.0. The second-order valence-electron chi connectivity index (χ2n) is 14.0. The molecule has 0 amide bonds. The second kappa shape index (κ2) is 16.0. The molecule has 0 saturated carbocycles. The molecule has 3 aliphatic rings. The van der Waals surface area contributed by atoms with E-state index in [4.69, 9.17) is 21.7 Å². The number of carbonyl (C=O) groups excluding carboxylic acids is 1. The molecule has 1 aromatic heterocycles. The highest BCUT2D eigenvalue weighted by Gasteiger charge is 2.55. The van der Waals surface area contributed by atoms with Crippen LogP contribution in [0.1, 0.15) is 48.1 Å². The lowest BCUT2D eigenvalue weighted by molar-refractivity contribution is -0.966. The third-order valence-electron chi connectivity index (χ3n) is 10.7. The molecular formula is C41H41F6N4O3S+. The van der Waals surface area contributed by atoms with Crippen LogP contribution in [0.15, 0.2) is 97.2 Å². The minimum Gasteiger partial charge on any atom is -0.497 e. The number of nitrogens with zero attached hydrogens (tertiary/aromatic N) is 2. The van der Waals surface area contributed by atoms with Gasteiger partial charge < -0.3 is 24.6 Å². The Hall–Kier alpha value is -4.95. The minimum atomic E-state index is -5.04. The summed E-state index contributed by atoms with van der Waals surface area (Å²) in [5, 5.41) is 6.49. The van der Waals surface area contributed by atoms with Crippen LogP contribution in [0, 0.1) is 11.8 Å². The fourth-order valence-electron chi connectivity index (χ4n) is 8.15. The number of hydrogen-bond donors (Lipinski definition) is 2. The van der Waals surface area contributed by atoms with E-state index in [0.29, 0.717) is 58.4 Å². The van der Waals surface area contributed by atoms with Gasteiger partial charge in [-0.15, -0.1) is 6.58 Å². The maximum Gasteiger partial charge on any atom is 0.416 e. The van der Waals surface area contributed by atoms with E-state index in [0.717, 1.165) is 17.5 Å². The van der Waals surface area contributed by atoms with E-state index >= 15 is 0 Å². The molecule has 7 rings (SSSR count). The zero-order chi connectivity index (χ0) is 39.5. The van der Waals surface area contributed by atoms with E-state index in [1.165, 1.54) is 7.11 Å². The van der Waals surface area contributed by atoms with Crippen molar-refractivity contribution in [3.05, 3.63) is 119 Å². The van der Waals surface area contributed by atoms with Crippen LogP contribution in [0.2, 0.25) is 0 Å². The first-order valence-corrected chi connectivity index (χ1v) is 18.3. The zero-order valence-electron chi connectivity index (χ0n) is 30.2. The van der Waals surface area contributed by atoms with Crippen molar-refractivity contribution in [1.82, 2.24) is 10.3 Å². The van der Waals surface area contributed by atoms with E-state index in [2.05, 4.69) is 22.2 Å². The van der Waals surface area contributed by atoms with Gasteiger partial charge in [0.1, 0.15) is 24.4 Å². The summed E-state index contributed by atoms with van der Waals surface area (Å²) < 4.78 is 94.3. The molecule has 14 heteroatoms. The number of benzene rings is 3. The van der Waals surface area contributed by atoms with Gasteiger partial charge in [-0.3, -0.25) is 4.98 Å². The predicted molar refractivity (Wildman–Crippen MR) is 203 cm³/mol. The van der Waals surface area contributed by atoms with Crippen LogP contribution in [0.25, 0.3) is 17.0 Å². The van der Waals surface area contributed by atoms with E-state index < -0.39 is 41.2 Å². The topological polar surface area (TPSA) is 72.5 Å². The summed E-state index contributed by atoms with van der Waals surface area (Å²) in [7, 11) is 1.54. The first-order valence-electron chi connectivity index (χ1n) is 17.8. The van der Waals surface area contributed by atoms with E-state index in [-0.39, 0.29) is 42.2 Å². The molecule has 5 atom stereocenters. The van der Waals surface area contributed by atoms with Crippen LogP contribution < -0.4 is 15.4 Å². The number of aromatic nitrogens is 1. The number of hydrogen-bond acceptors (Lipinski definition) is 5. The van der Waals surface area contributed by atoms with Gasteiger partial charge in [0, 0.05) is 36.0 Å². The third-order valence-corrected chi connectivity index (χ3v) is 10.9. The SMILES string of the molecule is C=CC1C[N+]2(C/C(=C\c3ccccc3)C(=O)OCC)CCC1C[C@@H]2[C@H](NC(=S)Nc1cc(C(F)(F)F)cc(C(F)(F)F)c1)c1ccnc2ccc(OC)cc12. The number of anilines is 1. The van der Waals surface area contributed by atoms with Gasteiger partial charge in [-0.1, -0.05) is 36.4 Å². The molecule has 4 aromatic rings. The monoisotopic (exact) mass is 783 g/mol. The molecule has 3 aliphatic heterocycles. The largest absolute Gasteiger partial charge is 0.497 e. The molecule has 3 saturated heterocycles. The maximum atomic E-state index is 13.8. The van der Waals surface area contributed by atoms with Gasteiger partial charge in [-0.05, 0) is 84.7 Å². The van der Waals surface area contributed by atoms with Gasteiger partial charge in [0.05, 0.1) is 49.0 Å². The molecule has 3 aromatic carbocycles. The minimum absolute atomic E-state index is 0.0705. The Bertz CT molecular complexity index is 2060. The van der Waals surface area contributed by atoms with Crippen molar-refractivity contribution in [1.29, 1.82) is 0 Å². The molecular weight excluding hydrogens is 743 g/mol. The smallest absolute Gasteiger partial charge is 0.416 e. The lowest BCUT2D eigenvalue weighted by Crippen LogP contribution is -2.70. The van der Waals surface area contributed by atoms with Crippen molar-refractivity contribution in [2.24, 2.45) is 11.8 Å². The molecule has 0 radical (unpaired) electrons. The molecule has 0 spiro atoms. The van der Waals surface area contributed by atoms with Gasteiger partial charge in [0.15, 0.2) is 5.11 Å². The highest BCUT2D eigenvalue weighted by atomic mass is 32.1.